The number of hydrogen-bond acceptors (Lipinski definition) is 4. The maximum Gasteiger partial charge on any atom is 0.234 e. The summed E-state index contributed by atoms with van der Waals surface area (Å²) in [6.07, 6.45) is 2.63. The van der Waals surface area contributed by atoms with E-state index < -0.39 is 0 Å². The van der Waals surface area contributed by atoms with Crippen LogP contribution in [-0.2, 0) is 0 Å². The summed E-state index contributed by atoms with van der Waals surface area (Å²) >= 11 is 0. The van der Waals surface area contributed by atoms with Crippen LogP contribution in [0.15, 0.2) is 59.3 Å². The molecule has 2 aromatic heterocycles. The molecule has 0 fully saturated rings. The molecule has 0 aliphatic rings. The molecule has 1 atom stereocenters. The highest BCUT2D eigenvalue weighted by molar-refractivity contribution is 5.47. The van der Waals surface area contributed by atoms with Crippen molar-refractivity contribution in [3.63, 3.8) is 0 Å². The second-order valence-corrected chi connectivity index (χ2v) is 4.54. The van der Waals surface area contributed by atoms with E-state index in [9.17, 15) is 0 Å². The largest absolute Gasteiger partial charge is 0.338 e. The lowest BCUT2D eigenvalue weighted by molar-refractivity contribution is 0.363. The Hall–Kier alpha value is -2.49. The minimum absolute atomic E-state index is 0.126. The zero-order valence-electron chi connectivity index (χ0n) is 11.2. The fraction of sp³-hybridized carbons (Fsp3) is 0.188. The Labute approximate surface area is 117 Å². The van der Waals surface area contributed by atoms with Crippen LogP contribution in [0, 0.1) is 0 Å². The van der Waals surface area contributed by atoms with E-state index in [2.05, 4.69) is 34.2 Å². The first-order valence-electron chi connectivity index (χ1n) is 6.68. The quantitative estimate of drug-likeness (QED) is 0.722. The third kappa shape index (κ3) is 2.45. The van der Waals surface area contributed by atoms with Crippen molar-refractivity contribution in [1.29, 1.82) is 0 Å². The van der Waals surface area contributed by atoms with Crippen LogP contribution in [0.1, 0.15) is 30.7 Å². The summed E-state index contributed by atoms with van der Waals surface area (Å²) in [6.45, 7) is 2.11. The van der Waals surface area contributed by atoms with Gasteiger partial charge in [0.05, 0.1) is 5.92 Å². The van der Waals surface area contributed by atoms with Crippen molar-refractivity contribution < 1.29 is 4.52 Å². The van der Waals surface area contributed by atoms with Gasteiger partial charge in [-0.1, -0.05) is 48.5 Å². The zero-order valence-corrected chi connectivity index (χ0v) is 11.2. The SMILES string of the molecule is CC[C@H](c1ccccc1)c1nc(-c2ccccn2)no1. The highest BCUT2D eigenvalue weighted by Crippen LogP contribution is 2.27. The molecule has 0 saturated carbocycles. The van der Waals surface area contributed by atoms with Gasteiger partial charge < -0.3 is 4.52 Å². The van der Waals surface area contributed by atoms with Crippen molar-refractivity contribution >= 4 is 0 Å². The van der Waals surface area contributed by atoms with Gasteiger partial charge in [-0.15, -0.1) is 0 Å². The van der Waals surface area contributed by atoms with Gasteiger partial charge in [-0.2, -0.15) is 4.98 Å². The van der Waals surface area contributed by atoms with Crippen molar-refractivity contribution in [2.24, 2.45) is 0 Å². The third-order valence-corrected chi connectivity index (χ3v) is 3.24. The normalized spacial score (nSPS) is 12.2. The molecule has 20 heavy (non-hydrogen) atoms. The summed E-state index contributed by atoms with van der Waals surface area (Å²) in [4.78, 5) is 8.72. The van der Waals surface area contributed by atoms with Crippen LogP contribution >= 0.6 is 0 Å². The Morgan fingerprint density at radius 2 is 1.85 bits per heavy atom. The molecule has 2 heterocycles. The molecule has 0 amide bonds. The maximum absolute atomic E-state index is 5.43. The Bertz CT molecular complexity index is 664. The molecule has 0 aliphatic heterocycles. The van der Waals surface area contributed by atoms with Crippen LogP contribution in [0.25, 0.3) is 11.5 Å². The van der Waals surface area contributed by atoms with Gasteiger partial charge in [0, 0.05) is 6.20 Å². The minimum Gasteiger partial charge on any atom is -0.338 e. The van der Waals surface area contributed by atoms with Gasteiger partial charge in [-0.3, -0.25) is 4.98 Å². The second-order valence-electron chi connectivity index (χ2n) is 4.54. The zero-order chi connectivity index (χ0) is 13.8. The fourth-order valence-electron chi connectivity index (χ4n) is 2.21. The molecule has 100 valence electrons. The van der Waals surface area contributed by atoms with E-state index in [1.807, 2.05) is 36.4 Å². The van der Waals surface area contributed by atoms with Crippen LogP contribution in [0.2, 0.25) is 0 Å². The van der Waals surface area contributed by atoms with Gasteiger partial charge in [0.1, 0.15) is 5.69 Å². The highest BCUT2D eigenvalue weighted by Gasteiger charge is 2.19. The Morgan fingerprint density at radius 1 is 1.05 bits per heavy atom. The van der Waals surface area contributed by atoms with Crippen LogP contribution in [0.4, 0.5) is 0 Å². The van der Waals surface area contributed by atoms with E-state index in [1.165, 1.54) is 5.56 Å². The Balaban J connectivity index is 1.93. The van der Waals surface area contributed by atoms with Gasteiger partial charge in [0.2, 0.25) is 11.7 Å². The predicted molar refractivity (Wildman–Crippen MR) is 76.1 cm³/mol. The van der Waals surface area contributed by atoms with E-state index in [4.69, 9.17) is 4.52 Å². The van der Waals surface area contributed by atoms with Crippen molar-refractivity contribution in [3.8, 4) is 11.5 Å². The van der Waals surface area contributed by atoms with Gasteiger partial charge in [-0.05, 0) is 24.1 Å². The molecule has 0 saturated heterocycles. The minimum atomic E-state index is 0.126. The van der Waals surface area contributed by atoms with E-state index >= 15 is 0 Å². The number of hydrogen-bond donors (Lipinski definition) is 0. The molecular weight excluding hydrogens is 250 g/mol. The lowest BCUT2D eigenvalue weighted by Crippen LogP contribution is -1.99. The lowest BCUT2D eigenvalue weighted by Gasteiger charge is -2.09. The number of aromatic nitrogens is 3. The van der Waals surface area contributed by atoms with Gasteiger partial charge >= 0.3 is 0 Å². The molecule has 4 heteroatoms. The molecule has 0 N–H and O–H groups in total. The van der Waals surface area contributed by atoms with Crippen molar-refractivity contribution in [3.05, 3.63) is 66.2 Å². The van der Waals surface area contributed by atoms with Crippen LogP contribution in [0.3, 0.4) is 0 Å². The molecule has 1 aromatic carbocycles. The molecule has 0 radical (unpaired) electrons. The Kier molecular flexibility index (Phi) is 3.54. The number of rotatable bonds is 4. The van der Waals surface area contributed by atoms with Crippen molar-refractivity contribution in [1.82, 2.24) is 15.1 Å². The topological polar surface area (TPSA) is 51.8 Å². The number of pyridine rings is 1. The molecular formula is C16H15N3O. The van der Waals surface area contributed by atoms with Crippen LogP contribution < -0.4 is 0 Å². The average Bonchev–Trinajstić information content (AvgIpc) is 3.00. The first kappa shape index (κ1) is 12.5. The smallest absolute Gasteiger partial charge is 0.234 e. The van der Waals surface area contributed by atoms with E-state index in [1.54, 1.807) is 6.20 Å². The summed E-state index contributed by atoms with van der Waals surface area (Å²) in [7, 11) is 0. The van der Waals surface area contributed by atoms with Gasteiger partial charge in [0.15, 0.2) is 0 Å². The molecule has 3 rings (SSSR count). The molecule has 0 spiro atoms. The second kappa shape index (κ2) is 5.65. The van der Waals surface area contributed by atoms with E-state index in [0.717, 1.165) is 12.1 Å². The first-order chi connectivity index (χ1) is 9.88. The highest BCUT2D eigenvalue weighted by atomic mass is 16.5. The monoisotopic (exact) mass is 265 g/mol. The fourth-order valence-corrected chi connectivity index (χ4v) is 2.21. The summed E-state index contributed by atoms with van der Waals surface area (Å²) in [6, 6.07) is 15.9. The van der Waals surface area contributed by atoms with Crippen molar-refractivity contribution in [2.45, 2.75) is 19.3 Å². The third-order valence-electron chi connectivity index (χ3n) is 3.24. The van der Waals surface area contributed by atoms with Crippen LogP contribution in [0.5, 0.6) is 0 Å². The lowest BCUT2D eigenvalue weighted by atomic mass is 9.96. The van der Waals surface area contributed by atoms with Gasteiger partial charge in [0.25, 0.3) is 0 Å². The molecule has 0 aliphatic carbocycles. The molecule has 4 nitrogen and oxygen atoms in total. The standard InChI is InChI=1S/C16H15N3O/c1-2-13(12-8-4-3-5-9-12)16-18-15(19-20-16)14-10-6-7-11-17-14/h3-11,13H,2H2,1H3/t13-/m1/s1. The Morgan fingerprint density at radius 3 is 2.55 bits per heavy atom. The number of nitrogens with zero attached hydrogens (tertiary/aromatic N) is 3. The summed E-state index contributed by atoms with van der Waals surface area (Å²) in [5.74, 6) is 1.30. The van der Waals surface area contributed by atoms with E-state index in [-0.39, 0.29) is 5.92 Å². The number of benzene rings is 1. The summed E-state index contributed by atoms with van der Waals surface area (Å²) < 4.78 is 5.43. The van der Waals surface area contributed by atoms with Crippen molar-refractivity contribution in [2.75, 3.05) is 0 Å². The summed E-state index contributed by atoms with van der Waals surface area (Å²) in [5.41, 5.74) is 1.91. The molecule has 0 bridgehead atoms. The van der Waals surface area contributed by atoms with Crippen LogP contribution in [-0.4, -0.2) is 15.1 Å². The maximum atomic E-state index is 5.43. The first-order valence-corrected chi connectivity index (χ1v) is 6.68. The predicted octanol–water partition coefficient (Wildman–Crippen LogP) is 3.67. The average molecular weight is 265 g/mol. The van der Waals surface area contributed by atoms with Gasteiger partial charge in [-0.25, -0.2) is 0 Å². The summed E-state index contributed by atoms with van der Waals surface area (Å²) in [5, 5.41) is 4.03. The molecule has 3 aromatic rings. The van der Waals surface area contributed by atoms with E-state index in [0.29, 0.717) is 11.7 Å². The molecule has 0 unspecified atom stereocenters.